The van der Waals surface area contributed by atoms with Crippen LogP contribution in [0.4, 0.5) is 0 Å². The summed E-state index contributed by atoms with van der Waals surface area (Å²) in [5.41, 5.74) is 0.279. The lowest BCUT2D eigenvalue weighted by Crippen LogP contribution is -2.40. The summed E-state index contributed by atoms with van der Waals surface area (Å²) >= 11 is 0. The summed E-state index contributed by atoms with van der Waals surface area (Å²) in [4.78, 5) is 0. The van der Waals surface area contributed by atoms with Gasteiger partial charge in [0.15, 0.2) is 0 Å². The molecule has 13 heavy (non-hydrogen) atoms. The second-order valence-corrected chi connectivity index (χ2v) is 6.08. The molecule has 0 radical (unpaired) electrons. The average molecular weight is 206 g/mol. The van der Waals surface area contributed by atoms with E-state index in [9.17, 15) is 8.42 Å². The number of nitrogens with one attached hydrogen (secondary N) is 2. The Morgan fingerprint density at radius 3 is 2.38 bits per heavy atom. The van der Waals surface area contributed by atoms with Crippen LogP contribution >= 0.6 is 0 Å². The van der Waals surface area contributed by atoms with Crippen molar-refractivity contribution in [1.29, 1.82) is 0 Å². The van der Waals surface area contributed by atoms with Crippen LogP contribution in [0.25, 0.3) is 0 Å². The van der Waals surface area contributed by atoms with E-state index in [1.165, 1.54) is 7.05 Å². The molecule has 0 aromatic carbocycles. The van der Waals surface area contributed by atoms with Crippen LogP contribution in [-0.4, -0.2) is 21.5 Å². The predicted octanol–water partition coefficient (Wildman–Crippen LogP) is 0.619. The Kier molecular flexibility index (Phi) is 2.99. The lowest BCUT2D eigenvalue weighted by atomic mass is 9.92. The van der Waals surface area contributed by atoms with Crippen molar-refractivity contribution < 1.29 is 8.42 Å². The van der Waals surface area contributed by atoms with E-state index in [4.69, 9.17) is 0 Å². The average Bonchev–Trinajstić information content (AvgIpc) is 2.29. The molecule has 1 unspecified atom stereocenters. The van der Waals surface area contributed by atoms with Crippen LogP contribution in [0.2, 0.25) is 0 Å². The second-order valence-electron chi connectivity index (χ2n) is 4.43. The van der Waals surface area contributed by atoms with E-state index in [1.54, 1.807) is 0 Å². The summed E-state index contributed by atoms with van der Waals surface area (Å²) in [6.45, 7) is 4.33. The molecule has 5 heteroatoms. The van der Waals surface area contributed by atoms with Gasteiger partial charge < -0.3 is 0 Å². The summed E-state index contributed by atoms with van der Waals surface area (Å²) in [5.74, 6) is 0. The fourth-order valence-electron chi connectivity index (χ4n) is 1.82. The number of hydrogen-bond donors (Lipinski definition) is 2. The summed E-state index contributed by atoms with van der Waals surface area (Å²) in [6.07, 6.45) is 2.95. The molecular weight excluding hydrogens is 188 g/mol. The van der Waals surface area contributed by atoms with Crippen LogP contribution in [0.1, 0.15) is 33.1 Å². The highest BCUT2D eigenvalue weighted by Crippen LogP contribution is 2.36. The van der Waals surface area contributed by atoms with Crippen LogP contribution in [0, 0.1) is 5.41 Å². The Bertz CT molecular complexity index is 272. The maximum atomic E-state index is 11.1. The molecule has 1 rings (SSSR count). The summed E-state index contributed by atoms with van der Waals surface area (Å²) < 4.78 is 27.2. The minimum absolute atomic E-state index is 0.104. The van der Waals surface area contributed by atoms with E-state index in [0.717, 1.165) is 19.3 Å². The monoisotopic (exact) mass is 206 g/mol. The third-order valence-electron chi connectivity index (χ3n) is 2.56. The standard InChI is InChI=1S/C8H18N2O2S/c1-8(2)5-4-7(6-8)10-13(11,12)9-3/h7,9-10H,4-6H2,1-3H3. The third kappa shape index (κ3) is 3.25. The van der Waals surface area contributed by atoms with Gasteiger partial charge in [0.1, 0.15) is 0 Å². The van der Waals surface area contributed by atoms with Crippen molar-refractivity contribution >= 4 is 10.2 Å². The molecule has 0 aliphatic heterocycles. The van der Waals surface area contributed by atoms with Crippen molar-refractivity contribution in [1.82, 2.24) is 9.44 Å². The van der Waals surface area contributed by atoms with Crippen molar-refractivity contribution in [3.63, 3.8) is 0 Å². The first-order chi connectivity index (χ1) is 5.85. The summed E-state index contributed by atoms with van der Waals surface area (Å²) in [6, 6.07) is 0.104. The molecule has 0 bridgehead atoms. The molecule has 0 aromatic heterocycles. The highest BCUT2D eigenvalue weighted by atomic mass is 32.2. The summed E-state index contributed by atoms with van der Waals surface area (Å²) in [7, 11) is -1.83. The van der Waals surface area contributed by atoms with Gasteiger partial charge in [0.25, 0.3) is 10.2 Å². The first-order valence-electron chi connectivity index (χ1n) is 4.55. The largest absolute Gasteiger partial charge is 0.276 e. The fraction of sp³-hybridized carbons (Fsp3) is 1.00. The van der Waals surface area contributed by atoms with Gasteiger partial charge in [-0.05, 0) is 24.7 Å². The lowest BCUT2D eigenvalue weighted by molar-refractivity contribution is 0.372. The first kappa shape index (κ1) is 10.9. The van der Waals surface area contributed by atoms with Crippen molar-refractivity contribution in [3.8, 4) is 0 Å². The zero-order chi connectivity index (χ0) is 10.1. The fourth-order valence-corrected chi connectivity index (χ4v) is 2.57. The van der Waals surface area contributed by atoms with Crippen LogP contribution in [0.15, 0.2) is 0 Å². The van der Waals surface area contributed by atoms with Gasteiger partial charge >= 0.3 is 0 Å². The zero-order valence-electron chi connectivity index (χ0n) is 8.42. The minimum Gasteiger partial charge on any atom is -0.205 e. The molecule has 1 saturated carbocycles. The molecule has 0 saturated heterocycles. The Hall–Kier alpha value is -0.130. The molecule has 4 nitrogen and oxygen atoms in total. The molecule has 0 amide bonds. The molecule has 78 valence electrons. The second kappa shape index (κ2) is 3.55. The SMILES string of the molecule is CNS(=O)(=O)NC1CCC(C)(C)C1. The quantitative estimate of drug-likeness (QED) is 0.711. The van der Waals surface area contributed by atoms with Crippen molar-refractivity contribution in [3.05, 3.63) is 0 Å². The van der Waals surface area contributed by atoms with Crippen molar-refractivity contribution in [2.24, 2.45) is 5.41 Å². The normalized spacial score (nSPS) is 27.8. The van der Waals surface area contributed by atoms with Crippen LogP contribution < -0.4 is 9.44 Å². The maximum Gasteiger partial charge on any atom is 0.276 e. The Morgan fingerprint density at radius 2 is 2.00 bits per heavy atom. The predicted molar refractivity (Wildman–Crippen MR) is 52.5 cm³/mol. The van der Waals surface area contributed by atoms with Gasteiger partial charge in [0, 0.05) is 13.1 Å². The summed E-state index contributed by atoms with van der Waals surface area (Å²) in [5, 5.41) is 0. The highest BCUT2D eigenvalue weighted by molar-refractivity contribution is 7.87. The number of hydrogen-bond acceptors (Lipinski definition) is 2. The first-order valence-corrected chi connectivity index (χ1v) is 6.04. The molecule has 1 aliphatic rings. The van der Waals surface area contributed by atoms with Crippen molar-refractivity contribution in [2.75, 3.05) is 7.05 Å². The molecular formula is C8H18N2O2S. The van der Waals surface area contributed by atoms with Gasteiger partial charge in [-0.15, -0.1) is 0 Å². The van der Waals surface area contributed by atoms with Crippen LogP contribution in [0.3, 0.4) is 0 Å². The van der Waals surface area contributed by atoms with Gasteiger partial charge in [0.2, 0.25) is 0 Å². The zero-order valence-corrected chi connectivity index (χ0v) is 9.24. The molecule has 0 heterocycles. The smallest absolute Gasteiger partial charge is 0.205 e. The van der Waals surface area contributed by atoms with Gasteiger partial charge in [0.05, 0.1) is 0 Å². The molecule has 1 fully saturated rings. The molecule has 0 spiro atoms. The van der Waals surface area contributed by atoms with Gasteiger partial charge in [-0.2, -0.15) is 13.1 Å². The maximum absolute atomic E-state index is 11.1. The van der Waals surface area contributed by atoms with E-state index < -0.39 is 10.2 Å². The molecule has 0 aromatic rings. The molecule has 1 atom stereocenters. The van der Waals surface area contributed by atoms with Crippen LogP contribution in [0.5, 0.6) is 0 Å². The van der Waals surface area contributed by atoms with E-state index in [-0.39, 0.29) is 11.5 Å². The molecule has 2 N–H and O–H groups in total. The van der Waals surface area contributed by atoms with E-state index in [1.807, 2.05) is 0 Å². The Labute approximate surface area is 80.3 Å². The van der Waals surface area contributed by atoms with Crippen molar-refractivity contribution in [2.45, 2.75) is 39.2 Å². The highest BCUT2D eigenvalue weighted by Gasteiger charge is 2.32. The van der Waals surface area contributed by atoms with E-state index in [0.29, 0.717) is 0 Å². The Balaban J connectivity index is 2.50. The molecule has 1 aliphatic carbocycles. The van der Waals surface area contributed by atoms with Crippen LogP contribution in [-0.2, 0) is 10.2 Å². The Morgan fingerprint density at radius 1 is 1.38 bits per heavy atom. The van der Waals surface area contributed by atoms with Gasteiger partial charge in [-0.25, -0.2) is 4.72 Å². The van der Waals surface area contributed by atoms with Gasteiger partial charge in [-0.3, -0.25) is 0 Å². The topological polar surface area (TPSA) is 58.2 Å². The van der Waals surface area contributed by atoms with Gasteiger partial charge in [-0.1, -0.05) is 13.8 Å². The van der Waals surface area contributed by atoms with E-state index in [2.05, 4.69) is 23.3 Å². The number of rotatable bonds is 3. The van der Waals surface area contributed by atoms with E-state index >= 15 is 0 Å². The lowest BCUT2D eigenvalue weighted by Gasteiger charge is -2.17. The third-order valence-corrected chi connectivity index (χ3v) is 3.74. The minimum atomic E-state index is -3.25.